The van der Waals surface area contributed by atoms with E-state index in [1.165, 1.54) is 5.56 Å². The molecule has 0 aliphatic carbocycles. The Kier molecular flexibility index (Phi) is 6.73. The molecule has 1 heterocycles. The van der Waals surface area contributed by atoms with Gasteiger partial charge in [0, 0.05) is 25.2 Å². The van der Waals surface area contributed by atoms with Crippen LogP contribution >= 0.6 is 11.3 Å². The van der Waals surface area contributed by atoms with Crippen LogP contribution in [0.4, 0.5) is 0 Å². The summed E-state index contributed by atoms with van der Waals surface area (Å²) >= 11 is 1.70. The largest absolute Gasteiger partial charge is 0.395 e. The second kappa shape index (κ2) is 7.82. The van der Waals surface area contributed by atoms with Gasteiger partial charge in [0.25, 0.3) is 0 Å². The zero-order valence-corrected chi connectivity index (χ0v) is 11.6. The highest BCUT2D eigenvalue weighted by atomic mass is 32.1. The van der Waals surface area contributed by atoms with Gasteiger partial charge >= 0.3 is 0 Å². The predicted molar refractivity (Wildman–Crippen MR) is 74.3 cm³/mol. The lowest BCUT2D eigenvalue weighted by atomic mass is 10.0. The minimum atomic E-state index is 0.192. The van der Waals surface area contributed by atoms with Crippen LogP contribution in [0.5, 0.6) is 0 Å². The molecule has 98 valence electrons. The molecular weight excluding hydrogens is 232 g/mol. The van der Waals surface area contributed by atoms with Gasteiger partial charge in [0.1, 0.15) is 0 Å². The average molecular weight is 256 g/mol. The van der Waals surface area contributed by atoms with E-state index < -0.39 is 0 Å². The van der Waals surface area contributed by atoms with Crippen molar-refractivity contribution in [2.24, 2.45) is 5.73 Å². The van der Waals surface area contributed by atoms with Gasteiger partial charge in [-0.2, -0.15) is 11.3 Å². The predicted octanol–water partition coefficient (Wildman–Crippen LogP) is 2.23. The molecule has 0 aliphatic rings. The minimum Gasteiger partial charge on any atom is -0.395 e. The van der Waals surface area contributed by atoms with Crippen molar-refractivity contribution in [3.05, 3.63) is 22.4 Å². The number of hydrogen-bond acceptors (Lipinski definition) is 4. The molecule has 0 spiro atoms. The van der Waals surface area contributed by atoms with Crippen LogP contribution in [0.3, 0.4) is 0 Å². The minimum absolute atomic E-state index is 0.192. The van der Waals surface area contributed by atoms with Gasteiger partial charge in [0.05, 0.1) is 6.61 Å². The van der Waals surface area contributed by atoms with Gasteiger partial charge in [-0.1, -0.05) is 13.8 Å². The van der Waals surface area contributed by atoms with Crippen molar-refractivity contribution in [3.63, 3.8) is 0 Å². The first-order valence-electron chi connectivity index (χ1n) is 6.37. The maximum atomic E-state index is 9.24. The van der Waals surface area contributed by atoms with Crippen LogP contribution in [0.1, 0.15) is 38.3 Å². The molecule has 3 nitrogen and oxygen atoms in total. The highest BCUT2D eigenvalue weighted by Gasteiger charge is 2.24. The number of aliphatic hydroxyl groups is 1. The fourth-order valence-corrected chi connectivity index (χ4v) is 3.10. The van der Waals surface area contributed by atoms with Crippen molar-refractivity contribution in [2.45, 2.75) is 38.8 Å². The molecule has 0 saturated carbocycles. The first-order valence-corrected chi connectivity index (χ1v) is 7.31. The zero-order valence-electron chi connectivity index (χ0n) is 10.8. The number of hydrogen-bond donors (Lipinski definition) is 2. The van der Waals surface area contributed by atoms with Crippen molar-refractivity contribution < 1.29 is 5.11 Å². The van der Waals surface area contributed by atoms with Crippen LogP contribution in [-0.4, -0.2) is 35.7 Å². The Bertz CT molecular complexity index is 286. The number of thiophene rings is 1. The fourth-order valence-electron chi connectivity index (χ4n) is 2.39. The van der Waals surface area contributed by atoms with E-state index in [4.69, 9.17) is 5.73 Å². The topological polar surface area (TPSA) is 49.5 Å². The third kappa shape index (κ3) is 3.78. The quantitative estimate of drug-likeness (QED) is 0.750. The van der Waals surface area contributed by atoms with Gasteiger partial charge in [-0.05, 0) is 35.2 Å². The van der Waals surface area contributed by atoms with E-state index in [2.05, 4.69) is 35.6 Å². The second-order valence-corrected chi connectivity index (χ2v) is 5.02. The zero-order chi connectivity index (χ0) is 12.7. The summed E-state index contributed by atoms with van der Waals surface area (Å²) in [5.41, 5.74) is 7.20. The Morgan fingerprint density at radius 1 is 1.41 bits per heavy atom. The SMILES string of the molecule is CCC(CC)N(CCO)C(CN)c1ccsc1. The van der Waals surface area contributed by atoms with Gasteiger partial charge in [-0.25, -0.2) is 0 Å². The van der Waals surface area contributed by atoms with Crippen LogP contribution in [0, 0.1) is 0 Å². The summed E-state index contributed by atoms with van der Waals surface area (Å²) in [6.07, 6.45) is 2.19. The van der Waals surface area contributed by atoms with Gasteiger partial charge in [-0.15, -0.1) is 0 Å². The summed E-state index contributed by atoms with van der Waals surface area (Å²) in [5.74, 6) is 0. The number of nitrogens with two attached hydrogens (primary N) is 1. The van der Waals surface area contributed by atoms with E-state index in [0.717, 1.165) is 12.8 Å². The van der Waals surface area contributed by atoms with Crippen molar-refractivity contribution in [3.8, 4) is 0 Å². The molecule has 0 amide bonds. The lowest BCUT2D eigenvalue weighted by Gasteiger charge is -2.36. The van der Waals surface area contributed by atoms with E-state index in [9.17, 15) is 5.11 Å². The lowest BCUT2D eigenvalue weighted by Crippen LogP contribution is -2.42. The summed E-state index contributed by atoms with van der Waals surface area (Å²) in [6, 6.07) is 2.86. The molecule has 17 heavy (non-hydrogen) atoms. The Labute approximate surface area is 108 Å². The summed E-state index contributed by atoms with van der Waals surface area (Å²) in [7, 11) is 0. The van der Waals surface area contributed by atoms with Gasteiger partial charge < -0.3 is 10.8 Å². The smallest absolute Gasteiger partial charge is 0.0558 e. The molecule has 0 radical (unpaired) electrons. The maximum absolute atomic E-state index is 9.24. The normalized spacial score (nSPS) is 13.5. The molecular formula is C13H24N2OS. The van der Waals surface area contributed by atoms with Crippen LogP contribution < -0.4 is 5.73 Å². The molecule has 3 N–H and O–H groups in total. The van der Waals surface area contributed by atoms with E-state index >= 15 is 0 Å². The highest BCUT2D eigenvalue weighted by molar-refractivity contribution is 7.07. The van der Waals surface area contributed by atoms with Gasteiger partial charge in [0.2, 0.25) is 0 Å². The highest BCUT2D eigenvalue weighted by Crippen LogP contribution is 2.25. The number of rotatable bonds is 8. The van der Waals surface area contributed by atoms with Crippen molar-refractivity contribution in [2.75, 3.05) is 19.7 Å². The van der Waals surface area contributed by atoms with E-state index in [1.54, 1.807) is 11.3 Å². The third-order valence-electron chi connectivity index (χ3n) is 3.32. The molecule has 0 bridgehead atoms. The van der Waals surface area contributed by atoms with Crippen molar-refractivity contribution in [1.82, 2.24) is 4.90 Å². The van der Waals surface area contributed by atoms with Crippen molar-refractivity contribution in [1.29, 1.82) is 0 Å². The molecule has 1 aromatic rings. The van der Waals surface area contributed by atoms with Crippen molar-refractivity contribution >= 4 is 11.3 Å². The molecule has 4 heteroatoms. The fraction of sp³-hybridized carbons (Fsp3) is 0.692. The van der Waals surface area contributed by atoms with Crippen LogP contribution in [0.2, 0.25) is 0 Å². The van der Waals surface area contributed by atoms with Gasteiger partial charge in [-0.3, -0.25) is 4.90 Å². The molecule has 0 fully saturated rings. The molecule has 1 rings (SSSR count). The Morgan fingerprint density at radius 3 is 2.53 bits per heavy atom. The van der Waals surface area contributed by atoms with E-state index in [-0.39, 0.29) is 12.6 Å². The number of aliphatic hydroxyl groups excluding tert-OH is 1. The summed E-state index contributed by atoms with van der Waals surface area (Å²) in [4.78, 5) is 2.35. The molecule has 1 atom stereocenters. The average Bonchev–Trinajstić information content (AvgIpc) is 2.85. The molecule has 0 aromatic carbocycles. The Balaban J connectivity index is 2.86. The van der Waals surface area contributed by atoms with Crippen LogP contribution in [0.15, 0.2) is 16.8 Å². The van der Waals surface area contributed by atoms with Gasteiger partial charge in [0.15, 0.2) is 0 Å². The Morgan fingerprint density at radius 2 is 2.12 bits per heavy atom. The monoisotopic (exact) mass is 256 g/mol. The molecule has 1 aromatic heterocycles. The lowest BCUT2D eigenvalue weighted by molar-refractivity contribution is 0.0997. The second-order valence-electron chi connectivity index (χ2n) is 4.24. The summed E-state index contributed by atoms with van der Waals surface area (Å²) in [6.45, 7) is 5.88. The first kappa shape index (κ1) is 14.6. The van der Waals surface area contributed by atoms with E-state index in [1.807, 2.05) is 0 Å². The third-order valence-corrected chi connectivity index (χ3v) is 4.02. The maximum Gasteiger partial charge on any atom is 0.0558 e. The van der Waals surface area contributed by atoms with Crippen LogP contribution in [-0.2, 0) is 0 Å². The summed E-state index contributed by atoms with van der Waals surface area (Å²) < 4.78 is 0. The summed E-state index contributed by atoms with van der Waals surface area (Å²) in [5, 5.41) is 13.5. The standard InChI is InChI=1S/C13H24N2OS/c1-3-12(4-2)15(6-7-16)13(9-14)11-5-8-17-10-11/h5,8,10,12-13,16H,3-4,6-7,9,14H2,1-2H3. The molecule has 0 saturated heterocycles. The first-order chi connectivity index (χ1) is 8.28. The van der Waals surface area contributed by atoms with Crippen LogP contribution in [0.25, 0.3) is 0 Å². The Hall–Kier alpha value is -0.420. The van der Waals surface area contributed by atoms with E-state index in [0.29, 0.717) is 19.1 Å². The number of nitrogens with zero attached hydrogens (tertiary/aromatic N) is 1. The molecule has 1 unspecified atom stereocenters. The molecule has 0 aliphatic heterocycles.